The first kappa shape index (κ1) is 20.4. The van der Waals surface area contributed by atoms with Crippen LogP contribution in [0.3, 0.4) is 0 Å². The second-order valence-electron chi connectivity index (χ2n) is 9.39. The molecule has 4 saturated carbocycles. The Morgan fingerprint density at radius 3 is 2.24 bits per heavy atom. The highest BCUT2D eigenvalue weighted by molar-refractivity contribution is 5.84. The van der Waals surface area contributed by atoms with Crippen LogP contribution in [0.4, 0.5) is 0 Å². The summed E-state index contributed by atoms with van der Waals surface area (Å²) in [5.74, 6) is 2.44. The Morgan fingerprint density at radius 2 is 1.62 bits per heavy atom. The van der Waals surface area contributed by atoms with E-state index in [4.69, 9.17) is 4.74 Å². The van der Waals surface area contributed by atoms with Crippen LogP contribution in [-0.2, 0) is 27.5 Å². The molecule has 2 N–H and O–H groups in total. The first-order chi connectivity index (χ1) is 14.1. The molecule has 1 aromatic carbocycles. The molecule has 4 bridgehead atoms. The summed E-state index contributed by atoms with van der Waals surface area (Å²) in [7, 11) is 0. The highest BCUT2D eigenvalue weighted by Crippen LogP contribution is 2.60. The van der Waals surface area contributed by atoms with E-state index < -0.39 is 0 Å². The average molecular weight is 399 g/mol. The van der Waals surface area contributed by atoms with Crippen LogP contribution >= 0.6 is 0 Å². The highest BCUT2D eigenvalue weighted by atomic mass is 16.5. The fraction of sp³-hybridized carbons (Fsp3) is 0.667. The van der Waals surface area contributed by atoms with Crippen molar-refractivity contribution in [2.24, 2.45) is 23.2 Å². The molecule has 2 amide bonds. The molecule has 29 heavy (non-hydrogen) atoms. The Kier molecular flexibility index (Phi) is 6.23. The summed E-state index contributed by atoms with van der Waals surface area (Å²) in [6, 6.07) is 8.01. The summed E-state index contributed by atoms with van der Waals surface area (Å²) in [5.41, 5.74) is 2.04. The monoisotopic (exact) mass is 398 g/mol. The van der Waals surface area contributed by atoms with Gasteiger partial charge in [-0.15, -0.1) is 0 Å². The van der Waals surface area contributed by atoms with E-state index in [1.54, 1.807) is 0 Å². The zero-order valence-corrected chi connectivity index (χ0v) is 17.5. The van der Waals surface area contributed by atoms with Crippen molar-refractivity contribution in [3.05, 3.63) is 35.4 Å². The minimum absolute atomic E-state index is 0.0259. The van der Waals surface area contributed by atoms with E-state index in [0.29, 0.717) is 32.7 Å². The number of rotatable bonds is 9. The van der Waals surface area contributed by atoms with Crippen LogP contribution in [0.15, 0.2) is 24.3 Å². The van der Waals surface area contributed by atoms with Gasteiger partial charge in [-0.05, 0) is 74.3 Å². The van der Waals surface area contributed by atoms with Crippen molar-refractivity contribution in [1.82, 2.24) is 10.6 Å². The van der Waals surface area contributed by atoms with Crippen LogP contribution in [0, 0.1) is 23.2 Å². The minimum atomic E-state index is -0.135. The van der Waals surface area contributed by atoms with E-state index in [9.17, 15) is 9.59 Å². The van der Waals surface area contributed by atoms with Gasteiger partial charge in [0.15, 0.2) is 0 Å². The molecule has 4 fully saturated rings. The largest absolute Gasteiger partial charge is 0.377 e. The lowest BCUT2D eigenvalue weighted by atomic mass is 9.49. The van der Waals surface area contributed by atoms with Gasteiger partial charge >= 0.3 is 0 Å². The van der Waals surface area contributed by atoms with Crippen LogP contribution in [0.25, 0.3) is 0 Å². The Labute approximate surface area is 174 Å². The highest BCUT2D eigenvalue weighted by Gasteiger charge is 2.54. The lowest BCUT2D eigenvalue weighted by Gasteiger charge is -2.55. The molecule has 0 heterocycles. The van der Waals surface area contributed by atoms with Crippen LogP contribution < -0.4 is 10.6 Å². The van der Waals surface area contributed by atoms with E-state index in [0.717, 1.165) is 48.1 Å². The normalized spacial score (nSPS) is 29.6. The van der Waals surface area contributed by atoms with Gasteiger partial charge in [0.1, 0.15) is 0 Å². The van der Waals surface area contributed by atoms with Gasteiger partial charge < -0.3 is 15.4 Å². The molecular formula is C24H34N2O3. The number of hydrogen-bond acceptors (Lipinski definition) is 3. The maximum absolute atomic E-state index is 12.9. The second kappa shape index (κ2) is 8.86. The molecule has 5 nitrogen and oxygen atoms in total. The molecule has 5 heteroatoms. The molecule has 4 aliphatic rings. The van der Waals surface area contributed by atoms with Gasteiger partial charge in [-0.3, -0.25) is 9.59 Å². The number of hydrogen-bond donors (Lipinski definition) is 2. The fourth-order valence-corrected chi connectivity index (χ4v) is 6.23. The maximum atomic E-state index is 12.9. The van der Waals surface area contributed by atoms with Crippen molar-refractivity contribution >= 4 is 11.8 Å². The molecule has 0 unspecified atom stereocenters. The average Bonchev–Trinajstić information content (AvgIpc) is 2.70. The third-order valence-corrected chi connectivity index (χ3v) is 7.21. The van der Waals surface area contributed by atoms with Crippen LogP contribution in [0.1, 0.15) is 63.0 Å². The summed E-state index contributed by atoms with van der Waals surface area (Å²) in [4.78, 5) is 25.2. The number of carbonyl (C=O) groups excluding carboxylic acids is 2. The standard InChI is InChI=1S/C24H34N2O3/c1-2-29-16-21-6-4-3-5-20(21)15-26-22(27)7-8-25-23(28)24-12-17-9-18(13-24)11-19(10-17)14-24/h3-6,17-19H,2,7-16H2,1H3,(H,25,28)(H,26,27). The van der Waals surface area contributed by atoms with Crippen LogP contribution in [-0.4, -0.2) is 25.0 Å². The summed E-state index contributed by atoms with van der Waals surface area (Å²) in [6.07, 6.45) is 7.51. The van der Waals surface area contributed by atoms with Gasteiger partial charge in [-0.2, -0.15) is 0 Å². The number of carbonyl (C=O) groups is 2. The van der Waals surface area contributed by atoms with Crippen molar-refractivity contribution in [2.45, 2.75) is 65.0 Å². The summed E-state index contributed by atoms with van der Waals surface area (Å²) in [5, 5.41) is 6.07. The molecular weight excluding hydrogens is 364 g/mol. The molecule has 0 aromatic heterocycles. The zero-order valence-electron chi connectivity index (χ0n) is 17.5. The predicted molar refractivity (Wildman–Crippen MR) is 112 cm³/mol. The van der Waals surface area contributed by atoms with E-state index in [1.807, 2.05) is 31.2 Å². The van der Waals surface area contributed by atoms with E-state index >= 15 is 0 Å². The SMILES string of the molecule is CCOCc1ccccc1CNC(=O)CCNC(=O)C12CC3CC(CC(C3)C1)C2. The molecule has 0 saturated heterocycles. The Morgan fingerprint density at radius 1 is 1.00 bits per heavy atom. The summed E-state index contributed by atoms with van der Waals surface area (Å²) in [6.45, 7) is 4.12. The molecule has 4 aliphatic carbocycles. The Hall–Kier alpha value is -1.88. The van der Waals surface area contributed by atoms with Gasteiger partial charge in [0.2, 0.25) is 11.8 Å². The Bertz CT molecular complexity index is 710. The van der Waals surface area contributed by atoms with Crippen LogP contribution in [0.2, 0.25) is 0 Å². The smallest absolute Gasteiger partial charge is 0.226 e. The number of benzene rings is 1. The van der Waals surface area contributed by atoms with Crippen molar-refractivity contribution in [3.8, 4) is 0 Å². The quantitative estimate of drug-likeness (QED) is 0.668. The number of ether oxygens (including phenoxy) is 1. The molecule has 5 rings (SSSR count). The van der Waals surface area contributed by atoms with Crippen molar-refractivity contribution < 1.29 is 14.3 Å². The molecule has 0 spiro atoms. The van der Waals surface area contributed by atoms with Gasteiger partial charge in [-0.1, -0.05) is 24.3 Å². The Balaban J connectivity index is 1.21. The summed E-state index contributed by atoms with van der Waals surface area (Å²) < 4.78 is 5.50. The van der Waals surface area contributed by atoms with Gasteiger partial charge in [0, 0.05) is 31.5 Å². The summed E-state index contributed by atoms with van der Waals surface area (Å²) >= 11 is 0. The zero-order chi connectivity index (χ0) is 20.3. The van der Waals surface area contributed by atoms with Gasteiger partial charge in [0.05, 0.1) is 6.61 Å². The maximum Gasteiger partial charge on any atom is 0.226 e. The van der Waals surface area contributed by atoms with Crippen molar-refractivity contribution in [1.29, 1.82) is 0 Å². The molecule has 0 radical (unpaired) electrons. The first-order valence-corrected chi connectivity index (χ1v) is 11.3. The topological polar surface area (TPSA) is 67.4 Å². The lowest BCUT2D eigenvalue weighted by Crippen LogP contribution is -2.53. The number of nitrogens with one attached hydrogen (secondary N) is 2. The van der Waals surface area contributed by atoms with Crippen molar-refractivity contribution in [2.75, 3.05) is 13.2 Å². The van der Waals surface area contributed by atoms with Gasteiger partial charge in [-0.25, -0.2) is 0 Å². The van der Waals surface area contributed by atoms with E-state index in [-0.39, 0.29) is 17.2 Å². The second-order valence-corrected chi connectivity index (χ2v) is 9.39. The van der Waals surface area contributed by atoms with E-state index in [2.05, 4.69) is 10.6 Å². The predicted octanol–water partition coefficient (Wildman–Crippen LogP) is 3.56. The minimum Gasteiger partial charge on any atom is -0.377 e. The molecule has 0 atom stereocenters. The lowest BCUT2D eigenvalue weighted by molar-refractivity contribution is -0.146. The fourth-order valence-electron chi connectivity index (χ4n) is 6.23. The number of amides is 2. The third kappa shape index (κ3) is 4.66. The van der Waals surface area contributed by atoms with E-state index in [1.165, 1.54) is 19.3 Å². The third-order valence-electron chi connectivity index (χ3n) is 7.21. The molecule has 1 aromatic rings. The van der Waals surface area contributed by atoms with Crippen molar-refractivity contribution in [3.63, 3.8) is 0 Å². The molecule has 158 valence electrons. The first-order valence-electron chi connectivity index (χ1n) is 11.3. The van der Waals surface area contributed by atoms with Crippen LogP contribution in [0.5, 0.6) is 0 Å². The molecule has 0 aliphatic heterocycles. The van der Waals surface area contributed by atoms with Gasteiger partial charge in [0.25, 0.3) is 0 Å².